The largest absolute Gasteiger partial charge is 0.489 e. The highest BCUT2D eigenvalue weighted by molar-refractivity contribution is 6.00. The van der Waals surface area contributed by atoms with E-state index < -0.39 is 28.9 Å². The summed E-state index contributed by atoms with van der Waals surface area (Å²) in [5.41, 5.74) is 1.49. The summed E-state index contributed by atoms with van der Waals surface area (Å²) in [6.45, 7) is 7.74. The Labute approximate surface area is 244 Å². The highest BCUT2D eigenvalue weighted by Gasteiger charge is 2.39. The SMILES string of the molecule is COC(=O)C1=C(C)NC(C)=C(C(=O)OC(CNC(C)C)COc2cccc3ccccc23)C1c1cccc([N+](=O)[O-])c1. The van der Waals surface area contributed by atoms with Gasteiger partial charge in [0.2, 0.25) is 0 Å². The van der Waals surface area contributed by atoms with Crippen LogP contribution in [0.5, 0.6) is 5.75 Å². The molecule has 0 saturated carbocycles. The maximum atomic E-state index is 13.9. The Morgan fingerprint density at radius 1 is 0.976 bits per heavy atom. The predicted molar refractivity (Wildman–Crippen MR) is 159 cm³/mol. The molecule has 3 aromatic rings. The molecule has 0 radical (unpaired) electrons. The zero-order valence-electron chi connectivity index (χ0n) is 24.3. The molecule has 3 aromatic carbocycles. The quantitative estimate of drug-likeness (QED) is 0.182. The van der Waals surface area contributed by atoms with E-state index in [2.05, 4.69) is 10.6 Å². The number of hydrogen-bond donors (Lipinski definition) is 2. The maximum absolute atomic E-state index is 13.9. The van der Waals surface area contributed by atoms with E-state index in [1.54, 1.807) is 19.9 Å². The number of ether oxygens (including phenoxy) is 3. The van der Waals surface area contributed by atoms with Gasteiger partial charge in [-0.1, -0.05) is 62.4 Å². The van der Waals surface area contributed by atoms with Gasteiger partial charge in [-0.3, -0.25) is 10.1 Å². The lowest BCUT2D eigenvalue weighted by Crippen LogP contribution is -2.40. The first-order valence-corrected chi connectivity index (χ1v) is 13.7. The van der Waals surface area contributed by atoms with Gasteiger partial charge in [0.1, 0.15) is 18.5 Å². The number of rotatable bonds is 11. The molecular weight excluding hydrogens is 538 g/mol. The van der Waals surface area contributed by atoms with Crippen LogP contribution in [0.25, 0.3) is 10.8 Å². The van der Waals surface area contributed by atoms with Gasteiger partial charge in [0.05, 0.1) is 29.1 Å². The molecule has 220 valence electrons. The summed E-state index contributed by atoms with van der Waals surface area (Å²) in [7, 11) is 1.24. The molecule has 42 heavy (non-hydrogen) atoms. The Morgan fingerprint density at radius 2 is 1.64 bits per heavy atom. The normalized spacial score (nSPS) is 15.8. The summed E-state index contributed by atoms with van der Waals surface area (Å²) in [6.07, 6.45) is -0.696. The molecule has 0 aromatic heterocycles. The van der Waals surface area contributed by atoms with Gasteiger partial charge < -0.3 is 24.8 Å². The zero-order chi connectivity index (χ0) is 30.4. The van der Waals surface area contributed by atoms with Crippen LogP contribution in [-0.4, -0.2) is 49.3 Å². The Morgan fingerprint density at radius 3 is 2.33 bits per heavy atom. The summed E-state index contributed by atoms with van der Waals surface area (Å²) < 4.78 is 17.3. The van der Waals surface area contributed by atoms with Gasteiger partial charge >= 0.3 is 11.9 Å². The van der Waals surface area contributed by atoms with Crippen molar-refractivity contribution < 1.29 is 28.7 Å². The first-order valence-electron chi connectivity index (χ1n) is 13.7. The highest BCUT2D eigenvalue weighted by atomic mass is 16.6. The van der Waals surface area contributed by atoms with E-state index in [0.717, 1.165) is 10.8 Å². The lowest BCUT2D eigenvalue weighted by atomic mass is 9.80. The average Bonchev–Trinajstić information content (AvgIpc) is 2.97. The molecule has 0 aliphatic carbocycles. The monoisotopic (exact) mass is 573 g/mol. The van der Waals surface area contributed by atoms with E-state index in [1.165, 1.54) is 25.3 Å². The molecule has 10 nitrogen and oxygen atoms in total. The lowest BCUT2D eigenvalue weighted by molar-refractivity contribution is -0.384. The molecule has 2 unspecified atom stereocenters. The van der Waals surface area contributed by atoms with Crippen LogP contribution in [0.4, 0.5) is 5.69 Å². The fraction of sp³-hybridized carbons (Fsp3) is 0.312. The topological polar surface area (TPSA) is 129 Å². The van der Waals surface area contributed by atoms with E-state index in [1.807, 2.05) is 56.3 Å². The number of nitro benzene ring substituents is 1. The summed E-state index contributed by atoms with van der Waals surface area (Å²) in [5.74, 6) is -1.63. The summed E-state index contributed by atoms with van der Waals surface area (Å²) in [6, 6.07) is 19.6. The Bertz CT molecular complexity index is 1560. The summed E-state index contributed by atoms with van der Waals surface area (Å²) >= 11 is 0. The van der Waals surface area contributed by atoms with Gasteiger partial charge in [-0.2, -0.15) is 0 Å². The molecule has 10 heteroatoms. The molecule has 0 amide bonds. The van der Waals surface area contributed by atoms with Crippen molar-refractivity contribution in [2.45, 2.75) is 45.8 Å². The Balaban J connectivity index is 1.67. The van der Waals surface area contributed by atoms with Crippen molar-refractivity contribution >= 4 is 28.4 Å². The second-order valence-corrected chi connectivity index (χ2v) is 10.4. The van der Waals surface area contributed by atoms with E-state index in [4.69, 9.17) is 14.2 Å². The van der Waals surface area contributed by atoms with Crippen molar-refractivity contribution in [3.05, 3.63) is 105 Å². The zero-order valence-corrected chi connectivity index (χ0v) is 24.3. The van der Waals surface area contributed by atoms with Crippen molar-refractivity contribution in [2.24, 2.45) is 0 Å². The molecule has 4 rings (SSSR count). The van der Waals surface area contributed by atoms with Crippen LogP contribution < -0.4 is 15.4 Å². The van der Waals surface area contributed by atoms with Crippen molar-refractivity contribution in [1.29, 1.82) is 0 Å². The number of carbonyl (C=O) groups excluding carboxylic acids is 2. The van der Waals surface area contributed by atoms with Crippen LogP contribution in [0.2, 0.25) is 0 Å². The number of dihydropyridines is 1. The van der Waals surface area contributed by atoms with E-state index in [9.17, 15) is 19.7 Å². The summed E-state index contributed by atoms with van der Waals surface area (Å²) in [5, 5.41) is 19.9. The number of nitrogens with zero attached hydrogens (tertiary/aromatic N) is 1. The molecule has 0 saturated heterocycles. The number of allylic oxidation sites excluding steroid dienone is 2. The van der Waals surface area contributed by atoms with Crippen molar-refractivity contribution in [3.63, 3.8) is 0 Å². The first kappa shape index (κ1) is 30.3. The van der Waals surface area contributed by atoms with Crippen molar-refractivity contribution in [3.8, 4) is 5.75 Å². The number of benzene rings is 3. The van der Waals surface area contributed by atoms with Crippen LogP contribution in [0, 0.1) is 10.1 Å². The molecule has 0 fully saturated rings. The van der Waals surface area contributed by atoms with Gasteiger partial charge in [-0.15, -0.1) is 0 Å². The van der Waals surface area contributed by atoms with Crippen molar-refractivity contribution in [2.75, 3.05) is 20.3 Å². The number of hydrogen-bond acceptors (Lipinski definition) is 9. The fourth-order valence-electron chi connectivity index (χ4n) is 5.02. The molecule has 1 heterocycles. The number of carbonyl (C=O) groups is 2. The molecule has 0 spiro atoms. The Hall–Kier alpha value is -4.70. The minimum atomic E-state index is -0.955. The van der Waals surface area contributed by atoms with E-state index in [0.29, 0.717) is 29.3 Å². The van der Waals surface area contributed by atoms with Gasteiger partial charge in [0, 0.05) is 41.5 Å². The molecule has 2 N–H and O–H groups in total. The highest BCUT2D eigenvalue weighted by Crippen LogP contribution is 2.40. The minimum Gasteiger partial charge on any atom is -0.489 e. The second-order valence-electron chi connectivity index (χ2n) is 10.4. The van der Waals surface area contributed by atoms with E-state index >= 15 is 0 Å². The Kier molecular flexibility index (Phi) is 9.59. The van der Waals surface area contributed by atoms with Crippen LogP contribution in [0.3, 0.4) is 0 Å². The number of esters is 2. The first-order chi connectivity index (χ1) is 20.1. The minimum absolute atomic E-state index is 0.0689. The van der Waals surface area contributed by atoms with E-state index in [-0.39, 0.29) is 29.5 Å². The molecule has 1 aliphatic rings. The van der Waals surface area contributed by atoms with Gasteiger partial charge in [-0.25, -0.2) is 9.59 Å². The number of non-ortho nitro benzene ring substituents is 1. The standard InChI is InChI=1S/C32H35N3O7/c1-19(2)33-17-25(18-41-27-15-9-11-22-10-6-7-14-26(22)27)42-32(37)29-21(4)34-20(3)28(31(36)40-5)30(29)23-12-8-13-24(16-23)35(38)39/h6-16,19,25,30,33-34H,17-18H2,1-5H3. The summed E-state index contributed by atoms with van der Waals surface area (Å²) in [4.78, 5) is 37.9. The average molecular weight is 574 g/mol. The fourth-order valence-corrected chi connectivity index (χ4v) is 5.02. The van der Waals surface area contributed by atoms with Gasteiger partial charge in [0.25, 0.3) is 5.69 Å². The molecular formula is C32H35N3O7. The third-order valence-electron chi connectivity index (χ3n) is 7.00. The number of fused-ring (bicyclic) bond motifs is 1. The third-order valence-corrected chi connectivity index (χ3v) is 7.00. The van der Waals surface area contributed by atoms with Crippen LogP contribution in [0.1, 0.15) is 39.2 Å². The molecule has 0 bridgehead atoms. The number of methoxy groups -OCH3 is 1. The van der Waals surface area contributed by atoms with Crippen molar-refractivity contribution in [1.82, 2.24) is 10.6 Å². The predicted octanol–water partition coefficient (Wildman–Crippen LogP) is 5.14. The number of nitrogens with one attached hydrogen (secondary N) is 2. The van der Waals surface area contributed by atoms with Crippen LogP contribution in [0.15, 0.2) is 89.3 Å². The van der Waals surface area contributed by atoms with Gasteiger partial charge in [-0.05, 0) is 30.9 Å². The van der Waals surface area contributed by atoms with Crippen LogP contribution >= 0.6 is 0 Å². The second kappa shape index (κ2) is 13.3. The number of nitro groups is 1. The third kappa shape index (κ3) is 6.77. The molecule has 1 aliphatic heterocycles. The lowest BCUT2D eigenvalue weighted by Gasteiger charge is -2.31. The van der Waals surface area contributed by atoms with Crippen LogP contribution in [-0.2, 0) is 19.1 Å². The maximum Gasteiger partial charge on any atom is 0.337 e. The smallest absolute Gasteiger partial charge is 0.337 e. The molecule has 2 atom stereocenters. The van der Waals surface area contributed by atoms with Gasteiger partial charge in [0.15, 0.2) is 0 Å².